The van der Waals surface area contributed by atoms with Crippen LogP contribution in [0.25, 0.3) is 0 Å². The molecule has 2 aliphatic rings. The van der Waals surface area contributed by atoms with Gasteiger partial charge in [-0.3, -0.25) is 14.4 Å². The van der Waals surface area contributed by atoms with Crippen molar-refractivity contribution in [3.05, 3.63) is 41.4 Å². The maximum Gasteiger partial charge on any atom is 0.249 e. The van der Waals surface area contributed by atoms with Gasteiger partial charge in [0.1, 0.15) is 6.04 Å². The first kappa shape index (κ1) is 19.6. The number of nitrogens with zero attached hydrogens (tertiary/aromatic N) is 2. The highest BCUT2D eigenvalue weighted by Crippen LogP contribution is 2.24. The number of carbonyl (C=O) groups is 3. The van der Waals surface area contributed by atoms with Crippen LogP contribution in [0.4, 0.5) is 5.69 Å². The summed E-state index contributed by atoms with van der Waals surface area (Å²) >= 11 is 3.40. The van der Waals surface area contributed by atoms with E-state index in [1.54, 1.807) is 9.80 Å². The summed E-state index contributed by atoms with van der Waals surface area (Å²) in [5.41, 5.74) is 0.846. The molecule has 1 atom stereocenters. The summed E-state index contributed by atoms with van der Waals surface area (Å²) in [6.45, 7) is 5.26. The van der Waals surface area contributed by atoms with Gasteiger partial charge in [-0.15, -0.1) is 0 Å². The van der Waals surface area contributed by atoms with Gasteiger partial charge in [0, 0.05) is 35.7 Å². The number of halogens is 1. The second kappa shape index (κ2) is 8.69. The van der Waals surface area contributed by atoms with E-state index in [2.05, 4.69) is 27.8 Å². The van der Waals surface area contributed by atoms with Crippen LogP contribution in [-0.4, -0.2) is 48.3 Å². The molecule has 1 aromatic carbocycles. The third kappa shape index (κ3) is 4.58. The SMILES string of the molecule is C=CC(=O)N1CCC(C(=O)NC2CCCN(c3ccc(Br)cc3)C2=O)CC1. The summed E-state index contributed by atoms with van der Waals surface area (Å²) in [7, 11) is 0. The first-order valence-corrected chi connectivity index (χ1v) is 10.1. The summed E-state index contributed by atoms with van der Waals surface area (Å²) in [6, 6.07) is 7.13. The van der Waals surface area contributed by atoms with Gasteiger partial charge in [0.2, 0.25) is 17.7 Å². The zero-order valence-electron chi connectivity index (χ0n) is 15.2. The Morgan fingerprint density at radius 1 is 1.11 bits per heavy atom. The Hall–Kier alpha value is -2.15. The molecule has 7 heteroatoms. The maximum atomic E-state index is 12.8. The molecule has 1 aromatic rings. The molecule has 1 unspecified atom stereocenters. The fraction of sp³-hybridized carbons (Fsp3) is 0.450. The zero-order chi connectivity index (χ0) is 19.4. The molecule has 2 saturated heterocycles. The smallest absolute Gasteiger partial charge is 0.249 e. The number of rotatable bonds is 4. The van der Waals surface area contributed by atoms with Crippen molar-refractivity contribution in [1.29, 1.82) is 0 Å². The highest BCUT2D eigenvalue weighted by molar-refractivity contribution is 9.10. The van der Waals surface area contributed by atoms with Gasteiger partial charge < -0.3 is 15.1 Å². The van der Waals surface area contributed by atoms with E-state index in [1.807, 2.05) is 24.3 Å². The summed E-state index contributed by atoms with van der Waals surface area (Å²) in [4.78, 5) is 40.6. The topological polar surface area (TPSA) is 69.7 Å². The lowest BCUT2D eigenvalue weighted by Crippen LogP contribution is -2.54. The largest absolute Gasteiger partial charge is 0.344 e. The van der Waals surface area contributed by atoms with Gasteiger partial charge in [0.15, 0.2) is 0 Å². The maximum absolute atomic E-state index is 12.8. The molecule has 6 nitrogen and oxygen atoms in total. The van der Waals surface area contributed by atoms with E-state index in [1.165, 1.54) is 6.08 Å². The monoisotopic (exact) mass is 433 g/mol. The molecule has 144 valence electrons. The van der Waals surface area contributed by atoms with E-state index in [9.17, 15) is 14.4 Å². The molecule has 0 saturated carbocycles. The van der Waals surface area contributed by atoms with Crippen molar-refractivity contribution in [1.82, 2.24) is 10.2 Å². The summed E-state index contributed by atoms with van der Waals surface area (Å²) in [5.74, 6) is -0.399. The van der Waals surface area contributed by atoms with Crippen LogP contribution in [0.15, 0.2) is 41.4 Å². The van der Waals surface area contributed by atoms with E-state index < -0.39 is 6.04 Å². The average molecular weight is 434 g/mol. The van der Waals surface area contributed by atoms with Crippen LogP contribution in [0, 0.1) is 5.92 Å². The van der Waals surface area contributed by atoms with Gasteiger partial charge in [0.05, 0.1) is 0 Å². The lowest BCUT2D eigenvalue weighted by Gasteiger charge is -2.35. The van der Waals surface area contributed by atoms with Gasteiger partial charge in [-0.25, -0.2) is 0 Å². The van der Waals surface area contributed by atoms with Crippen molar-refractivity contribution in [2.45, 2.75) is 31.7 Å². The lowest BCUT2D eigenvalue weighted by molar-refractivity contribution is -0.134. The molecule has 3 rings (SSSR count). The van der Waals surface area contributed by atoms with E-state index in [4.69, 9.17) is 0 Å². The Bertz CT molecular complexity index is 726. The van der Waals surface area contributed by atoms with Gasteiger partial charge in [-0.1, -0.05) is 22.5 Å². The molecule has 2 fully saturated rings. The number of amides is 3. The van der Waals surface area contributed by atoms with Crippen LogP contribution < -0.4 is 10.2 Å². The standard InChI is InChI=1S/C20H24BrN3O3/c1-2-18(25)23-12-9-14(10-13-23)19(26)22-17-4-3-11-24(20(17)27)16-7-5-15(21)6-8-16/h2,5-8,14,17H,1,3-4,9-13H2,(H,22,26). The normalized spacial score (nSPS) is 21.1. The number of likely N-dealkylation sites (tertiary alicyclic amines) is 1. The van der Waals surface area contributed by atoms with E-state index in [0.29, 0.717) is 38.9 Å². The minimum atomic E-state index is -0.484. The number of benzene rings is 1. The Morgan fingerprint density at radius 2 is 1.78 bits per heavy atom. The fourth-order valence-corrected chi connectivity index (χ4v) is 3.93. The lowest BCUT2D eigenvalue weighted by atomic mass is 9.94. The summed E-state index contributed by atoms with van der Waals surface area (Å²) in [6.07, 6.45) is 4.04. The van der Waals surface area contributed by atoms with Crippen molar-refractivity contribution in [3.63, 3.8) is 0 Å². The number of hydrogen-bond acceptors (Lipinski definition) is 3. The highest BCUT2D eigenvalue weighted by Gasteiger charge is 2.33. The van der Waals surface area contributed by atoms with Crippen LogP contribution in [0.3, 0.4) is 0 Å². The molecule has 3 amide bonds. The second-order valence-electron chi connectivity index (χ2n) is 6.97. The predicted octanol–water partition coefficient (Wildman–Crippen LogP) is 2.49. The van der Waals surface area contributed by atoms with Crippen LogP contribution in [0.2, 0.25) is 0 Å². The van der Waals surface area contributed by atoms with Crippen molar-refractivity contribution >= 4 is 39.3 Å². The van der Waals surface area contributed by atoms with Crippen molar-refractivity contribution in [3.8, 4) is 0 Å². The van der Waals surface area contributed by atoms with Crippen LogP contribution in [0.1, 0.15) is 25.7 Å². The van der Waals surface area contributed by atoms with Crippen molar-refractivity contribution < 1.29 is 14.4 Å². The molecule has 0 spiro atoms. The summed E-state index contributed by atoms with van der Waals surface area (Å²) in [5, 5.41) is 2.94. The van der Waals surface area contributed by atoms with Gasteiger partial charge in [0.25, 0.3) is 0 Å². The number of hydrogen-bond donors (Lipinski definition) is 1. The highest BCUT2D eigenvalue weighted by atomic mass is 79.9. The van der Waals surface area contributed by atoms with Gasteiger partial charge >= 0.3 is 0 Å². The minimum absolute atomic E-state index is 0.0591. The Morgan fingerprint density at radius 3 is 2.41 bits per heavy atom. The van der Waals surface area contributed by atoms with E-state index in [0.717, 1.165) is 16.6 Å². The molecule has 2 heterocycles. The van der Waals surface area contributed by atoms with Crippen molar-refractivity contribution in [2.75, 3.05) is 24.5 Å². The Kier molecular flexibility index (Phi) is 6.31. The zero-order valence-corrected chi connectivity index (χ0v) is 16.8. The van der Waals surface area contributed by atoms with Gasteiger partial charge in [-0.2, -0.15) is 0 Å². The molecule has 1 N–H and O–H groups in total. The fourth-order valence-electron chi connectivity index (χ4n) is 3.67. The van der Waals surface area contributed by atoms with E-state index >= 15 is 0 Å². The van der Waals surface area contributed by atoms with Crippen LogP contribution in [-0.2, 0) is 14.4 Å². The molecule has 27 heavy (non-hydrogen) atoms. The number of anilines is 1. The van der Waals surface area contributed by atoms with Crippen LogP contribution >= 0.6 is 15.9 Å². The van der Waals surface area contributed by atoms with Gasteiger partial charge in [-0.05, 0) is 56.0 Å². The first-order valence-electron chi connectivity index (χ1n) is 9.28. The van der Waals surface area contributed by atoms with E-state index in [-0.39, 0.29) is 23.6 Å². The van der Waals surface area contributed by atoms with Crippen molar-refractivity contribution in [2.24, 2.45) is 5.92 Å². The third-order valence-corrected chi connectivity index (χ3v) is 5.77. The van der Waals surface area contributed by atoms with Crippen LogP contribution in [0.5, 0.6) is 0 Å². The molecular weight excluding hydrogens is 410 g/mol. The average Bonchev–Trinajstić information content (AvgIpc) is 2.70. The quantitative estimate of drug-likeness (QED) is 0.741. The molecule has 0 radical (unpaired) electrons. The number of piperidine rings is 2. The third-order valence-electron chi connectivity index (χ3n) is 5.25. The minimum Gasteiger partial charge on any atom is -0.344 e. The number of carbonyl (C=O) groups excluding carboxylic acids is 3. The number of nitrogens with one attached hydrogen (secondary N) is 1. The predicted molar refractivity (Wildman–Crippen MR) is 107 cm³/mol. The first-order chi connectivity index (χ1) is 13.0. The molecule has 0 bridgehead atoms. The second-order valence-corrected chi connectivity index (χ2v) is 7.89. The molecule has 0 aliphatic carbocycles. The molecular formula is C20H24BrN3O3. The summed E-state index contributed by atoms with van der Waals surface area (Å²) < 4.78 is 0.960. The Balaban J connectivity index is 1.57. The molecule has 2 aliphatic heterocycles. The molecule has 0 aromatic heterocycles. The Labute approximate surface area is 167 Å².